The molecule has 0 amide bonds. The predicted molar refractivity (Wildman–Crippen MR) is 158 cm³/mol. The number of hydrogen-bond acceptors (Lipinski definition) is 7. The summed E-state index contributed by atoms with van der Waals surface area (Å²) in [7, 11) is 0. The van der Waals surface area contributed by atoms with Crippen molar-refractivity contribution < 1.29 is 33.3 Å². The van der Waals surface area contributed by atoms with E-state index in [0.29, 0.717) is 36.8 Å². The average molecular weight is 595 g/mol. The van der Waals surface area contributed by atoms with Crippen molar-refractivity contribution in [3.8, 4) is 0 Å². The molecular formula is C37H38O7. The van der Waals surface area contributed by atoms with Crippen LogP contribution in [0, 0.1) is 40.9 Å². The summed E-state index contributed by atoms with van der Waals surface area (Å²) in [5, 5.41) is 0. The molecule has 3 saturated heterocycles. The molecule has 1 spiro atoms. The molecule has 8 aliphatic rings. The number of ketones is 1. The highest BCUT2D eigenvalue weighted by Gasteiger charge is 2.87. The van der Waals surface area contributed by atoms with E-state index in [4.69, 9.17) is 18.9 Å². The first kappa shape index (κ1) is 27.1. The van der Waals surface area contributed by atoms with Crippen LogP contribution in [-0.4, -0.2) is 41.1 Å². The lowest BCUT2D eigenvalue weighted by Crippen LogP contribution is -2.61. The van der Waals surface area contributed by atoms with Gasteiger partial charge >= 0.3 is 11.9 Å². The number of carbonyl (C=O) groups excluding carboxylic acids is 3. The third-order valence-corrected chi connectivity index (χ3v) is 13.4. The SMILES string of the molecule is C=C1CC[C@H]2C(=C)C(=O)O[C@@H]2C2[C@H]1CC(=O)[C@]21CC[C@@]23OC(c4ccccc4)O[C@]21C[C@H]1C(=C)CC[C@H]2C(=C)C(=O)O[C@@H]2[C@H]13. The molecule has 5 saturated carbocycles. The lowest BCUT2D eigenvalue weighted by atomic mass is 9.59. The quantitative estimate of drug-likeness (QED) is 0.233. The van der Waals surface area contributed by atoms with Gasteiger partial charge in [0.1, 0.15) is 29.2 Å². The molecule has 5 aliphatic carbocycles. The molecule has 0 bridgehead atoms. The van der Waals surface area contributed by atoms with Crippen LogP contribution in [0.1, 0.15) is 63.2 Å². The molecule has 7 heteroatoms. The lowest BCUT2D eigenvalue weighted by molar-refractivity contribution is -0.181. The maximum absolute atomic E-state index is 14.9. The van der Waals surface area contributed by atoms with E-state index in [-0.39, 0.29) is 53.2 Å². The Hall–Kier alpha value is -3.29. The summed E-state index contributed by atoms with van der Waals surface area (Å²) >= 11 is 0. The van der Waals surface area contributed by atoms with Crippen molar-refractivity contribution in [3.05, 3.63) is 84.5 Å². The molecule has 228 valence electrons. The first-order valence-corrected chi connectivity index (χ1v) is 16.2. The standard InChI is InChI=1S/C37H38O7/c1-18-10-12-23-20(3)32(39)41-30(23)28-25(18)16-27(38)35(28)14-15-36-29-26(19(2)11-13-24-21(4)33(40)42-31(24)29)17-37(35,36)44-34(43-36)22-8-6-5-7-9-22/h5-9,23-26,28-31,34H,1-4,10-17H2/t23-,24-,25-,26-,28?,29-,30-,31-,34?,35+,36-,37-/m0/s1. The Labute approximate surface area is 257 Å². The van der Waals surface area contributed by atoms with E-state index in [1.807, 2.05) is 30.3 Å². The summed E-state index contributed by atoms with van der Waals surface area (Å²) < 4.78 is 27.0. The topological polar surface area (TPSA) is 88.1 Å². The van der Waals surface area contributed by atoms with Crippen molar-refractivity contribution in [2.45, 2.75) is 81.1 Å². The number of rotatable bonds is 1. The van der Waals surface area contributed by atoms with Crippen LogP contribution in [0.3, 0.4) is 0 Å². The zero-order chi connectivity index (χ0) is 30.3. The maximum atomic E-state index is 14.9. The van der Waals surface area contributed by atoms with E-state index < -0.39 is 35.1 Å². The fourth-order valence-electron chi connectivity index (χ4n) is 11.6. The molecule has 7 nitrogen and oxygen atoms in total. The normalized spacial score (nSPS) is 48.7. The second-order valence-corrected chi connectivity index (χ2v) is 14.7. The third kappa shape index (κ3) is 2.95. The van der Waals surface area contributed by atoms with Gasteiger partial charge in [-0.05, 0) is 56.8 Å². The van der Waals surface area contributed by atoms with Gasteiger partial charge in [-0.25, -0.2) is 9.59 Å². The number of esters is 2. The van der Waals surface area contributed by atoms with Gasteiger partial charge in [0.15, 0.2) is 6.29 Å². The molecule has 8 fully saturated rings. The molecule has 2 unspecified atom stereocenters. The highest BCUT2D eigenvalue weighted by Crippen LogP contribution is 2.79. The molecule has 0 aromatic heterocycles. The predicted octanol–water partition coefficient (Wildman–Crippen LogP) is 5.73. The van der Waals surface area contributed by atoms with Crippen LogP contribution in [0.4, 0.5) is 0 Å². The molecule has 3 aliphatic heterocycles. The van der Waals surface area contributed by atoms with Crippen LogP contribution in [0.15, 0.2) is 78.9 Å². The number of ether oxygens (including phenoxy) is 4. The fraction of sp³-hybridized carbons (Fsp3) is 0.541. The molecular weight excluding hydrogens is 556 g/mol. The van der Waals surface area contributed by atoms with Crippen molar-refractivity contribution in [1.82, 2.24) is 0 Å². The Morgan fingerprint density at radius 2 is 1.32 bits per heavy atom. The van der Waals surface area contributed by atoms with Crippen LogP contribution in [-0.2, 0) is 33.3 Å². The van der Waals surface area contributed by atoms with Gasteiger partial charge in [-0.2, -0.15) is 0 Å². The van der Waals surface area contributed by atoms with Gasteiger partial charge in [0, 0.05) is 46.8 Å². The second-order valence-electron chi connectivity index (χ2n) is 14.7. The van der Waals surface area contributed by atoms with Crippen LogP contribution >= 0.6 is 0 Å². The van der Waals surface area contributed by atoms with Crippen molar-refractivity contribution in [1.29, 1.82) is 0 Å². The summed E-state index contributed by atoms with van der Waals surface area (Å²) in [5.74, 6) is -1.58. The molecule has 0 radical (unpaired) electrons. The monoisotopic (exact) mass is 594 g/mol. The Morgan fingerprint density at radius 1 is 0.705 bits per heavy atom. The summed E-state index contributed by atoms with van der Waals surface area (Å²) in [5.41, 5.74) is 1.12. The van der Waals surface area contributed by atoms with Gasteiger partial charge in [-0.1, -0.05) is 67.8 Å². The highest BCUT2D eigenvalue weighted by molar-refractivity contribution is 5.94. The van der Waals surface area contributed by atoms with Gasteiger partial charge in [0.05, 0.1) is 5.41 Å². The van der Waals surface area contributed by atoms with Crippen LogP contribution in [0.2, 0.25) is 0 Å². The minimum absolute atomic E-state index is 0.0599. The number of benzene rings is 1. The molecule has 9 rings (SSSR count). The Morgan fingerprint density at radius 3 is 1.98 bits per heavy atom. The van der Waals surface area contributed by atoms with E-state index in [1.54, 1.807) is 0 Å². The summed E-state index contributed by atoms with van der Waals surface area (Å²) in [4.78, 5) is 40.9. The van der Waals surface area contributed by atoms with Gasteiger partial charge in [-0.3, -0.25) is 4.79 Å². The number of Topliss-reactive ketones (excluding diaryl/α,β-unsaturated/α-hetero) is 1. The average Bonchev–Trinajstić information content (AvgIpc) is 3.75. The van der Waals surface area contributed by atoms with Crippen LogP contribution in [0.25, 0.3) is 0 Å². The highest BCUT2D eigenvalue weighted by atomic mass is 16.8. The largest absolute Gasteiger partial charge is 0.458 e. The van der Waals surface area contributed by atoms with Crippen molar-refractivity contribution in [2.24, 2.45) is 40.9 Å². The number of fused-ring (bicyclic) bond motifs is 7. The molecule has 44 heavy (non-hydrogen) atoms. The number of hydrogen-bond donors (Lipinski definition) is 0. The van der Waals surface area contributed by atoms with E-state index in [0.717, 1.165) is 42.4 Å². The first-order chi connectivity index (χ1) is 21.1. The van der Waals surface area contributed by atoms with Gasteiger partial charge in [-0.15, -0.1) is 0 Å². The van der Waals surface area contributed by atoms with Crippen molar-refractivity contribution in [2.75, 3.05) is 0 Å². The molecule has 1 aromatic rings. The minimum atomic E-state index is -1.03. The van der Waals surface area contributed by atoms with Gasteiger partial charge < -0.3 is 18.9 Å². The number of allylic oxidation sites excluding steroid dienone is 2. The molecule has 1 aromatic carbocycles. The van der Waals surface area contributed by atoms with Crippen LogP contribution < -0.4 is 0 Å². The van der Waals surface area contributed by atoms with E-state index >= 15 is 0 Å². The van der Waals surface area contributed by atoms with Crippen molar-refractivity contribution >= 4 is 17.7 Å². The molecule has 0 N–H and O–H groups in total. The fourth-order valence-corrected chi connectivity index (χ4v) is 11.6. The smallest absolute Gasteiger partial charge is 0.334 e. The molecule has 12 atom stereocenters. The Balaban J connectivity index is 1.27. The Kier molecular flexibility index (Phi) is 5.35. The van der Waals surface area contributed by atoms with Crippen LogP contribution in [0.5, 0.6) is 0 Å². The molecule has 3 heterocycles. The Bertz CT molecular complexity index is 1590. The zero-order valence-corrected chi connectivity index (χ0v) is 24.9. The van der Waals surface area contributed by atoms with Crippen molar-refractivity contribution in [3.63, 3.8) is 0 Å². The van der Waals surface area contributed by atoms with E-state index in [1.165, 1.54) is 0 Å². The van der Waals surface area contributed by atoms with E-state index in [2.05, 4.69) is 26.3 Å². The van der Waals surface area contributed by atoms with Gasteiger partial charge in [0.25, 0.3) is 0 Å². The summed E-state index contributed by atoms with van der Waals surface area (Å²) in [6, 6.07) is 9.88. The van der Waals surface area contributed by atoms with Gasteiger partial charge in [0.2, 0.25) is 0 Å². The minimum Gasteiger partial charge on any atom is -0.458 e. The first-order valence-electron chi connectivity index (χ1n) is 16.2. The van der Waals surface area contributed by atoms with E-state index in [9.17, 15) is 14.4 Å². The lowest BCUT2D eigenvalue weighted by Gasteiger charge is -2.48. The number of carbonyl (C=O) groups is 3. The maximum Gasteiger partial charge on any atom is 0.334 e. The summed E-state index contributed by atoms with van der Waals surface area (Å²) in [6.45, 7) is 17.3. The second kappa shape index (κ2) is 8.70. The third-order valence-electron chi connectivity index (χ3n) is 13.4. The summed E-state index contributed by atoms with van der Waals surface area (Å²) in [6.07, 6.45) is 3.39. The zero-order valence-electron chi connectivity index (χ0n) is 24.9.